The van der Waals surface area contributed by atoms with E-state index in [2.05, 4.69) is 26.9 Å². The van der Waals surface area contributed by atoms with Gasteiger partial charge in [0.2, 0.25) is 0 Å². The molecular formula is C22H28N4O3. The molecule has 0 radical (unpaired) electrons. The lowest BCUT2D eigenvalue weighted by molar-refractivity contribution is 0.0963. The van der Waals surface area contributed by atoms with Crippen molar-refractivity contribution >= 4 is 17.6 Å². The molecule has 0 aliphatic carbocycles. The van der Waals surface area contributed by atoms with E-state index in [4.69, 9.17) is 4.74 Å². The van der Waals surface area contributed by atoms with E-state index >= 15 is 0 Å². The summed E-state index contributed by atoms with van der Waals surface area (Å²) in [6.45, 7) is 2.09. The summed E-state index contributed by atoms with van der Waals surface area (Å²) in [5, 5.41) is 8.53. The van der Waals surface area contributed by atoms with Crippen molar-refractivity contribution < 1.29 is 14.3 Å². The highest BCUT2D eigenvalue weighted by atomic mass is 16.5. The number of piperidine rings is 1. The number of methoxy groups -OCH3 is 1. The number of hydrogen-bond donors (Lipinski definition) is 3. The number of anilines is 1. The Morgan fingerprint density at radius 3 is 2.59 bits per heavy atom. The first-order valence-electron chi connectivity index (χ1n) is 9.84. The third kappa shape index (κ3) is 5.40. The Balaban J connectivity index is 1.46. The van der Waals surface area contributed by atoms with Gasteiger partial charge in [0.1, 0.15) is 5.75 Å². The summed E-state index contributed by atoms with van der Waals surface area (Å²) in [5.74, 6) is 0.730. The minimum Gasteiger partial charge on any atom is -0.495 e. The Hall–Kier alpha value is -3.22. The monoisotopic (exact) mass is 396 g/mol. The molecule has 0 aromatic heterocycles. The van der Waals surface area contributed by atoms with Crippen LogP contribution in [0.15, 0.2) is 48.5 Å². The topological polar surface area (TPSA) is 82.7 Å². The summed E-state index contributed by atoms with van der Waals surface area (Å²) in [7, 11) is 3.28. The molecule has 1 saturated heterocycles. The highest BCUT2D eigenvalue weighted by Crippen LogP contribution is 2.29. The Bertz CT molecular complexity index is 847. The molecule has 3 amide bonds. The molecule has 2 aromatic carbocycles. The summed E-state index contributed by atoms with van der Waals surface area (Å²) in [6, 6.07) is 15.2. The molecule has 0 bridgehead atoms. The molecule has 1 aliphatic heterocycles. The second-order valence-corrected chi connectivity index (χ2v) is 7.04. The van der Waals surface area contributed by atoms with Crippen LogP contribution in [0.4, 0.5) is 10.5 Å². The second-order valence-electron chi connectivity index (χ2n) is 7.04. The van der Waals surface area contributed by atoms with E-state index in [9.17, 15) is 9.59 Å². The molecule has 0 saturated carbocycles. The van der Waals surface area contributed by atoms with E-state index in [0.29, 0.717) is 12.1 Å². The third-order valence-corrected chi connectivity index (χ3v) is 5.13. The van der Waals surface area contributed by atoms with Gasteiger partial charge in [0.05, 0.1) is 12.8 Å². The van der Waals surface area contributed by atoms with Crippen LogP contribution < -0.4 is 25.6 Å². The molecular weight excluding hydrogens is 368 g/mol. The number of carbonyl (C=O) groups excluding carboxylic acids is 2. The molecule has 0 spiro atoms. The van der Waals surface area contributed by atoms with Crippen LogP contribution in [0.3, 0.4) is 0 Å². The van der Waals surface area contributed by atoms with E-state index in [1.54, 1.807) is 26.3 Å². The SMILES string of the molecule is CNC(=O)c1cccc(CNC(=O)NC2CCN(c3ccccc3OC)CC2)c1. The quantitative estimate of drug-likeness (QED) is 0.701. The van der Waals surface area contributed by atoms with Gasteiger partial charge < -0.3 is 25.6 Å². The van der Waals surface area contributed by atoms with Crippen LogP contribution in [0.5, 0.6) is 5.75 Å². The van der Waals surface area contributed by atoms with Crippen LogP contribution in [0.1, 0.15) is 28.8 Å². The van der Waals surface area contributed by atoms with Gasteiger partial charge in [-0.05, 0) is 42.7 Å². The fourth-order valence-electron chi connectivity index (χ4n) is 3.54. The predicted molar refractivity (Wildman–Crippen MR) is 113 cm³/mol. The molecule has 1 aliphatic rings. The van der Waals surface area contributed by atoms with Crippen molar-refractivity contribution in [1.29, 1.82) is 0 Å². The summed E-state index contributed by atoms with van der Waals surface area (Å²) in [4.78, 5) is 26.3. The van der Waals surface area contributed by atoms with Gasteiger partial charge in [0, 0.05) is 38.3 Å². The lowest BCUT2D eigenvalue weighted by Gasteiger charge is -2.34. The van der Waals surface area contributed by atoms with Crippen LogP contribution >= 0.6 is 0 Å². The van der Waals surface area contributed by atoms with Crippen molar-refractivity contribution in [3.63, 3.8) is 0 Å². The summed E-state index contributed by atoms with van der Waals surface area (Å²) >= 11 is 0. The van der Waals surface area contributed by atoms with E-state index in [-0.39, 0.29) is 18.0 Å². The average Bonchev–Trinajstić information content (AvgIpc) is 2.78. The number of rotatable bonds is 6. The van der Waals surface area contributed by atoms with Crippen molar-refractivity contribution in [1.82, 2.24) is 16.0 Å². The number of amides is 3. The molecule has 3 rings (SSSR count). The lowest BCUT2D eigenvalue weighted by Crippen LogP contribution is -2.47. The van der Waals surface area contributed by atoms with Gasteiger partial charge in [0.15, 0.2) is 0 Å². The van der Waals surface area contributed by atoms with Crippen LogP contribution in [0.25, 0.3) is 0 Å². The third-order valence-electron chi connectivity index (χ3n) is 5.13. The van der Waals surface area contributed by atoms with Crippen molar-refractivity contribution in [3.8, 4) is 5.75 Å². The molecule has 3 N–H and O–H groups in total. The van der Waals surface area contributed by atoms with Crippen LogP contribution in [-0.2, 0) is 6.54 Å². The first kappa shape index (κ1) is 20.5. The number of hydrogen-bond acceptors (Lipinski definition) is 4. The van der Waals surface area contributed by atoms with Gasteiger partial charge in [-0.3, -0.25) is 4.79 Å². The van der Waals surface area contributed by atoms with Gasteiger partial charge in [-0.25, -0.2) is 4.79 Å². The average molecular weight is 396 g/mol. The Morgan fingerprint density at radius 1 is 1.10 bits per heavy atom. The lowest BCUT2D eigenvalue weighted by atomic mass is 10.0. The predicted octanol–water partition coefficient (Wildman–Crippen LogP) is 2.52. The van der Waals surface area contributed by atoms with E-state index < -0.39 is 0 Å². The Labute approximate surface area is 171 Å². The zero-order valence-corrected chi connectivity index (χ0v) is 16.9. The number of nitrogens with zero attached hydrogens (tertiary/aromatic N) is 1. The number of carbonyl (C=O) groups is 2. The smallest absolute Gasteiger partial charge is 0.315 e. The minimum absolute atomic E-state index is 0.137. The zero-order valence-electron chi connectivity index (χ0n) is 16.9. The largest absolute Gasteiger partial charge is 0.495 e. The van der Waals surface area contributed by atoms with Crippen molar-refractivity contribution in [2.75, 3.05) is 32.1 Å². The molecule has 29 heavy (non-hydrogen) atoms. The zero-order chi connectivity index (χ0) is 20.6. The summed E-state index contributed by atoms with van der Waals surface area (Å²) < 4.78 is 5.45. The van der Waals surface area contributed by atoms with Gasteiger partial charge in [-0.2, -0.15) is 0 Å². The maximum Gasteiger partial charge on any atom is 0.315 e. The molecule has 7 heteroatoms. The first-order valence-corrected chi connectivity index (χ1v) is 9.84. The highest BCUT2D eigenvalue weighted by Gasteiger charge is 2.22. The number of benzene rings is 2. The highest BCUT2D eigenvalue weighted by molar-refractivity contribution is 5.94. The standard InChI is InChI=1S/C22H28N4O3/c1-23-21(27)17-7-5-6-16(14-17)15-24-22(28)25-18-10-12-26(13-11-18)19-8-3-4-9-20(19)29-2/h3-9,14,18H,10-13,15H2,1-2H3,(H,23,27)(H2,24,25,28). The van der Waals surface area contributed by atoms with E-state index in [0.717, 1.165) is 42.9 Å². The maximum absolute atomic E-state index is 12.3. The van der Waals surface area contributed by atoms with E-state index in [1.165, 1.54) is 0 Å². The van der Waals surface area contributed by atoms with Crippen LogP contribution in [0.2, 0.25) is 0 Å². The Morgan fingerprint density at radius 2 is 1.86 bits per heavy atom. The van der Waals surface area contributed by atoms with Crippen LogP contribution in [0, 0.1) is 0 Å². The Kier molecular flexibility index (Phi) is 6.94. The van der Waals surface area contributed by atoms with Gasteiger partial charge in [0.25, 0.3) is 5.91 Å². The molecule has 7 nitrogen and oxygen atoms in total. The number of nitrogens with one attached hydrogen (secondary N) is 3. The molecule has 1 heterocycles. The summed E-state index contributed by atoms with van der Waals surface area (Å²) in [6.07, 6.45) is 1.75. The first-order chi connectivity index (χ1) is 14.1. The van der Waals surface area contributed by atoms with E-state index in [1.807, 2.05) is 30.3 Å². The number of ether oxygens (including phenoxy) is 1. The number of urea groups is 1. The normalized spacial score (nSPS) is 14.2. The number of para-hydroxylation sites is 2. The molecule has 0 atom stereocenters. The van der Waals surface area contributed by atoms with Gasteiger partial charge in [-0.1, -0.05) is 24.3 Å². The molecule has 154 valence electrons. The van der Waals surface area contributed by atoms with Crippen molar-refractivity contribution in [2.24, 2.45) is 0 Å². The van der Waals surface area contributed by atoms with Crippen molar-refractivity contribution in [2.45, 2.75) is 25.4 Å². The summed E-state index contributed by atoms with van der Waals surface area (Å²) in [5.41, 5.74) is 2.55. The fraction of sp³-hybridized carbons (Fsp3) is 0.364. The molecule has 1 fully saturated rings. The molecule has 2 aromatic rings. The maximum atomic E-state index is 12.3. The van der Waals surface area contributed by atoms with Gasteiger partial charge in [-0.15, -0.1) is 0 Å². The fourth-order valence-corrected chi connectivity index (χ4v) is 3.54. The van der Waals surface area contributed by atoms with Crippen molar-refractivity contribution in [3.05, 3.63) is 59.7 Å². The van der Waals surface area contributed by atoms with Crippen LogP contribution in [-0.4, -0.2) is 45.2 Å². The minimum atomic E-state index is -0.189. The van der Waals surface area contributed by atoms with Gasteiger partial charge >= 0.3 is 6.03 Å². The molecule has 0 unspecified atom stereocenters. The second kappa shape index (κ2) is 9.82.